The van der Waals surface area contributed by atoms with E-state index in [9.17, 15) is 9.18 Å². The molecule has 206 valence electrons. The molecule has 3 aromatic rings. The number of rotatable bonds is 10. The zero-order chi connectivity index (χ0) is 27.4. The lowest BCUT2D eigenvalue weighted by Crippen LogP contribution is -2.42. The third-order valence-corrected chi connectivity index (χ3v) is 8.16. The van der Waals surface area contributed by atoms with Crippen LogP contribution in [-0.2, 0) is 9.53 Å². The molecule has 3 heterocycles. The number of fused-ring (bicyclic) bond motifs is 2. The Balaban J connectivity index is 1.45. The standard InChI is InChI=1S/C31H37FN4O3/c1-4-20(17-30(37)38-3)22-8-13-29(28(16-22)35-25-18-33-31(34-19-25)39-5-2)36-26-11-12-27(36)15-23(14-26)21-6-9-24(32)10-7-21/h6-10,13,16,18-20,23,26-27,35H,4-5,11-12,14-15,17H2,1-3H3/t20-,23?,26?,27?/m0/s1. The van der Waals surface area contributed by atoms with Crippen LogP contribution in [0.25, 0.3) is 0 Å². The molecule has 2 saturated heterocycles. The minimum Gasteiger partial charge on any atom is -0.469 e. The first-order valence-electron chi connectivity index (χ1n) is 13.9. The van der Waals surface area contributed by atoms with Crippen molar-refractivity contribution in [1.82, 2.24) is 9.97 Å². The molecule has 2 bridgehead atoms. The Hall–Kier alpha value is -3.68. The number of nitrogens with zero attached hydrogens (tertiary/aromatic N) is 3. The van der Waals surface area contributed by atoms with Crippen LogP contribution in [0.1, 0.15) is 75.3 Å². The molecule has 0 saturated carbocycles. The SMILES string of the molecule is CCOc1ncc(Nc2cc([C@@H](CC)CC(=O)OC)ccc2N2C3CCC2CC(c2ccc(F)cc2)C3)cn1. The van der Waals surface area contributed by atoms with Gasteiger partial charge >= 0.3 is 12.0 Å². The third kappa shape index (κ3) is 6.00. The van der Waals surface area contributed by atoms with Gasteiger partial charge in [0.25, 0.3) is 0 Å². The van der Waals surface area contributed by atoms with Crippen molar-refractivity contribution < 1.29 is 18.7 Å². The molecule has 2 unspecified atom stereocenters. The van der Waals surface area contributed by atoms with E-state index in [-0.39, 0.29) is 17.7 Å². The maximum atomic E-state index is 13.5. The Kier molecular flexibility index (Phi) is 8.29. The number of carbonyl (C=O) groups is 1. The van der Waals surface area contributed by atoms with E-state index in [1.54, 1.807) is 24.5 Å². The predicted octanol–water partition coefficient (Wildman–Crippen LogP) is 6.73. The van der Waals surface area contributed by atoms with Gasteiger partial charge in [0.1, 0.15) is 5.82 Å². The van der Waals surface area contributed by atoms with Gasteiger partial charge in [-0.1, -0.05) is 25.1 Å². The van der Waals surface area contributed by atoms with Gasteiger partial charge in [-0.3, -0.25) is 4.79 Å². The minimum atomic E-state index is -0.207. The highest BCUT2D eigenvalue weighted by molar-refractivity contribution is 5.77. The van der Waals surface area contributed by atoms with E-state index in [4.69, 9.17) is 9.47 Å². The van der Waals surface area contributed by atoms with Crippen molar-refractivity contribution >= 4 is 23.0 Å². The number of aromatic nitrogens is 2. The summed E-state index contributed by atoms with van der Waals surface area (Å²) in [7, 11) is 1.43. The molecule has 0 radical (unpaired) electrons. The first-order valence-corrected chi connectivity index (χ1v) is 13.9. The van der Waals surface area contributed by atoms with E-state index in [0.29, 0.717) is 37.0 Å². The zero-order valence-corrected chi connectivity index (χ0v) is 22.9. The number of anilines is 3. The van der Waals surface area contributed by atoms with Crippen LogP contribution in [0.15, 0.2) is 54.9 Å². The van der Waals surface area contributed by atoms with Crippen LogP contribution >= 0.6 is 0 Å². The molecule has 7 nitrogen and oxygen atoms in total. The quantitative estimate of drug-likeness (QED) is 0.290. The summed E-state index contributed by atoms with van der Waals surface area (Å²) >= 11 is 0. The Morgan fingerprint density at radius 1 is 1.08 bits per heavy atom. The normalized spacial score (nSPS) is 20.9. The van der Waals surface area contributed by atoms with Crippen molar-refractivity contribution in [2.75, 3.05) is 23.9 Å². The lowest BCUT2D eigenvalue weighted by Gasteiger charge is -2.42. The van der Waals surface area contributed by atoms with Gasteiger partial charge in [-0.05, 0) is 86.3 Å². The Morgan fingerprint density at radius 3 is 2.38 bits per heavy atom. The van der Waals surface area contributed by atoms with Crippen molar-refractivity contribution in [1.29, 1.82) is 0 Å². The summed E-state index contributed by atoms with van der Waals surface area (Å²) in [5, 5.41) is 3.56. The molecule has 2 aromatic carbocycles. The van der Waals surface area contributed by atoms with Crippen LogP contribution in [0.2, 0.25) is 0 Å². The first-order chi connectivity index (χ1) is 19.0. The number of nitrogens with one attached hydrogen (secondary N) is 1. The number of piperidine rings is 1. The second kappa shape index (κ2) is 12.0. The van der Waals surface area contributed by atoms with Crippen LogP contribution in [0.4, 0.5) is 21.5 Å². The molecule has 0 aliphatic carbocycles. The van der Waals surface area contributed by atoms with E-state index in [1.807, 2.05) is 19.1 Å². The van der Waals surface area contributed by atoms with Crippen molar-refractivity contribution in [3.05, 3.63) is 71.8 Å². The molecule has 3 atom stereocenters. The van der Waals surface area contributed by atoms with Crippen LogP contribution < -0.4 is 15.0 Å². The minimum absolute atomic E-state index is 0.0598. The Labute approximate surface area is 229 Å². The van der Waals surface area contributed by atoms with Crippen LogP contribution in [0.3, 0.4) is 0 Å². The summed E-state index contributed by atoms with van der Waals surface area (Å²) < 4.78 is 23.9. The average molecular weight is 533 g/mol. The topological polar surface area (TPSA) is 76.6 Å². The van der Waals surface area contributed by atoms with Crippen molar-refractivity contribution in [3.8, 4) is 6.01 Å². The molecule has 2 fully saturated rings. The fraction of sp³-hybridized carbons (Fsp3) is 0.452. The second-order valence-electron chi connectivity index (χ2n) is 10.5. The Morgan fingerprint density at radius 2 is 1.77 bits per heavy atom. The van der Waals surface area contributed by atoms with Crippen molar-refractivity contribution in [2.24, 2.45) is 0 Å². The number of carbonyl (C=O) groups excluding carboxylic acids is 1. The summed E-state index contributed by atoms with van der Waals surface area (Å²) in [5.41, 5.74) is 5.20. The van der Waals surface area contributed by atoms with Crippen LogP contribution in [-0.4, -0.2) is 41.7 Å². The largest absolute Gasteiger partial charge is 0.469 e. The maximum Gasteiger partial charge on any atom is 0.316 e. The van der Waals surface area contributed by atoms with Gasteiger partial charge in [-0.2, -0.15) is 0 Å². The van der Waals surface area contributed by atoms with E-state index < -0.39 is 0 Å². The molecular formula is C31H37FN4O3. The number of ether oxygens (including phenoxy) is 2. The number of hydrogen-bond donors (Lipinski definition) is 1. The lowest BCUT2D eigenvalue weighted by atomic mass is 9.84. The fourth-order valence-corrected chi connectivity index (χ4v) is 6.23. The van der Waals surface area contributed by atoms with Gasteiger partial charge in [0.2, 0.25) is 0 Å². The molecule has 0 spiro atoms. The van der Waals surface area contributed by atoms with Crippen molar-refractivity contribution in [2.45, 2.75) is 76.3 Å². The van der Waals surface area contributed by atoms with Gasteiger partial charge in [-0.25, -0.2) is 14.4 Å². The average Bonchev–Trinajstić information content (AvgIpc) is 3.21. The van der Waals surface area contributed by atoms with Crippen molar-refractivity contribution in [3.63, 3.8) is 0 Å². The van der Waals surface area contributed by atoms with Gasteiger partial charge < -0.3 is 19.7 Å². The first kappa shape index (κ1) is 26.9. The highest BCUT2D eigenvalue weighted by Crippen LogP contribution is 2.48. The number of hydrogen-bond acceptors (Lipinski definition) is 7. The second-order valence-corrected chi connectivity index (χ2v) is 10.5. The number of esters is 1. The van der Waals surface area contributed by atoms with Crippen LogP contribution in [0.5, 0.6) is 6.01 Å². The molecule has 8 heteroatoms. The van der Waals surface area contributed by atoms with E-state index >= 15 is 0 Å². The summed E-state index contributed by atoms with van der Waals surface area (Å²) in [4.78, 5) is 23.3. The summed E-state index contributed by atoms with van der Waals surface area (Å²) in [6, 6.07) is 14.7. The van der Waals surface area contributed by atoms with E-state index in [0.717, 1.165) is 54.7 Å². The van der Waals surface area contributed by atoms with Gasteiger partial charge in [0.05, 0.1) is 49.6 Å². The highest BCUT2D eigenvalue weighted by Gasteiger charge is 2.42. The Bertz CT molecular complexity index is 1250. The summed E-state index contributed by atoms with van der Waals surface area (Å²) in [5.74, 6) is 0.0932. The molecular weight excluding hydrogens is 495 g/mol. The number of methoxy groups -OCH3 is 1. The summed E-state index contributed by atoms with van der Waals surface area (Å²) in [6.07, 6.45) is 8.97. The van der Waals surface area contributed by atoms with Gasteiger partial charge in [0, 0.05) is 12.1 Å². The maximum absolute atomic E-state index is 13.5. The van der Waals surface area contributed by atoms with E-state index in [2.05, 4.69) is 45.3 Å². The molecule has 2 aliphatic rings. The summed E-state index contributed by atoms with van der Waals surface area (Å²) in [6.45, 7) is 4.50. The predicted molar refractivity (Wildman–Crippen MR) is 150 cm³/mol. The van der Waals surface area contributed by atoms with E-state index in [1.165, 1.54) is 12.7 Å². The number of benzene rings is 2. The lowest BCUT2D eigenvalue weighted by molar-refractivity contribution is -0.141. The van der Waals surface area contributed by atoms with Gasteiger partial charge in [-0.15, -0.1) is 0 Å². The fourth-order valence-electron chi connectivity index (χ4n) is 6.23. The molecule has 1 aromatic heterocycles. The highest BCUT2D eigenvalue weighted by atomic mass is 19.1. The molecule has 1 N–H and O–H groups in total. The number of halogens is 1. The molecule has 5 rings (SSSR count). The monoisotopic (exact) mass is 532 g/mol. The molecule has 0 amide bonds. The smallest absolute Gasteiger partial charge is 0.316 e. The molecule has 39 heavy (non-hydrogen) atoms. The third-order valence-electron chi connectivity index (χ3n) is 8.16. The molecule has 2 aliphatic heterocycles. The zero-order valence-electron chi connectivity index (χ0n) is 22.9. The van der Waals surface area contributed by atoms with Crippen LogP contribution in [0, 0.1) is 5.82 Å². The van der Waals surface area contributed by atoms with Gasteiger partial charge in [0.15, 0.2) is 0 Å².